The zero-order valence-electron chi connectivity index (χ0n) is 7.89. The predicted octanol–water partition coefficient (Wildman–Crippen LogP) is 4.58. The molecule has 0 aliphatic heterocycles. The molecular formula is C9H8Cl3F3Si. The molecule has 16 heavy (non-hydrogen) atoms. The minimum Gasteiger partial charge on any atom is -0.166 e. The van der Waals surface area contributed by atoms with Crippen LogP contribution in [0.2, 0.25) is 0 Å². The first-order valence-electron chi connectivity index (χ1n) is 4.05. The fraction of sp³-hybridized carbons (Fsp3) is 0.111. The zero-order chi connectivity index (χ0) is 12.6. The minimum atomic E-state index is -4.26. The summed E-state index contributed by atoms with van der Waals surface area (Å²) in [4.78, 5) is 0. The van der Waals surface area contributed by atoms with E-state index in [4.69, 9.17) is 33.2 Å². The first-order chi connectivity index (χ1) is 7.34. The highest BCUT2D eigenvalue weighted by atomic mass is 35.8. The van der Waals surface area contributed by atoms with Gasteiger partial charge >= 0.3 is 12.9 Å². The van der Waals surface area contributed by atoms with Gasteiger partial charge in [0.15, 0.2) is 0 Å². The van der Waals surface area contributed by atoms with Crippen LogP contribution < -0.4 is 0 Å². The second-order valence-electron chi connectivity index (χ2n) is 2.50. The van der Waals surface area contributed by atoms with Gasteiger partial charge in [-0.2, -0.15) is 13.2 Å². The molecular weight excluding hydrogens is 300 g/mol. The molecule has 0 heterocycles. The van der Waals surface area contributed by atoms with E-state index >= 15 is 0 Å². The van der Waals surface area contributed by atoms with E-state index in [0.717, 1.165) is 12.2 Å². The topological polar surface area (TPSA) is 0 Å². The monoisotopic (exact) mass is 306 g/mol. The Bertz CT molecular complexity index is 314. The smallest absolute Gasteiger partial charge is 0.166 e. The molecule has 1 aliphatic rings. The SMILES string of the molecule is Cl[SiH](Cl)Cl.FC(F)(F)C1=CC=CC=CC=C1. The molecule has 0 saturated carbocycles. The molecule has 90 valence electrons. The average molecular weight is 308 g/mol. The molecule has 0 unspecified atom stereocenters. The van der Waals surface area contributed by atoms with E-state index in [1.165, 1.54) is 12.2 Å². The standard InChI is InChI=1S/C9H7F3.Cl3HSi/c10-9(11,12)8-6-4-2-1-3-5-7-8;1-4(2)3/h1-7H;4H. The second kappa shape index (κ2) is 8.01. The third-order valence-corrected chi connectivity index (χ3v) is 1.32. The quantitative estimate of drug-likeness (QED) is 0.454. The van der Waals surface area contributed by atoms with E-state index < -0.39 is 18.5 Å². The van der Waals surface area contributed by atoms with Gasteiger partial charge in [-0.1, -0.05) is 42.5 Å². The first kappa shape index (κ1) is 15.8. The Morgan fingerprint density at radius 1 is 0.875 bits per heavy atom. The number of alkyl halides is 3. The highest BCUT2D eigenvalue weighted by Gasteiger charge is 2.30. The van der Waals surface area contributed by atoms with E-state index in [2.05, 4.69) is 0 Å². The van der Waals surface area contributed by atoms with Gasteiger partial charge in [-0.15, -0.1) is 33.2 Å². The van der Waals surface area contributed by atoms with Crippen LogP contribution >= 0.6 is 33.2 Å². The minimum absolute atomic E-state index is 0.636. The molecule has 0 aromatic carbocycles. The summed E-state index contributed by atoms with van der Waals surface area (Å²) in [5.74, 6) is 0. The largest absolute Gasteiger partial charge is 0.416 e. The Hall–Kier alpha value is -0.163. The number of rotatable bonds is 0. The van der Waals surface area contributed by atoms with E-state index in [-0.39, 0.29) is 0 Å². The van der Waals surface area contributed by atoms with E-state index in [9.17, 15) is 13.2 Å². The lowest BCUT2D eigenvalue weighted by atomic mass is 10.2. The van der Waals surface area contributed by atoms with E-state index in [1.807, 2.05) is 0 Å². The summed E-state index contributed by atoms with van der Waals surface area (Å²) in [6, 6.07) is 0. The van der Waals surface area contributed by atoms with Crippen molar-refractivity contribution in [3.8, 4) is 0 Å². The molecule has 0 atom stereocenters. The molecule has 0 radical (unpaired) electrons. The molecule has 1 rings (SSSR count). The Morgan fingerprint density at radius 3 is 1.81 bits per heavy atom. The molecule has 0 spiro atoms. The second-order valence-corrected chi connectivity index (χ2v) is 8.93. The van der Waals surface area contributed by atoms with E-state index in [0.29, 0.717) is 0 Å². The Labute approximate surface area is 107 Å². The fourth-order valence-electron chi connectivity index (χ4n) is 0.755. The summed E-state index contributed by atoms with van der Waals surface area (Å²) in [5.41, 5.74) is -0.636. The van der Waals surface area contributed by atoms with Crippen LogP contribution in [0, 0.1) is 0 Å². The maximum Gasteiger partial charge on any atom is 0.416 e. The van der Waals surface area contributed by atoms with Gasteiger partial charge in [0.2, 0.25) is 0 Å². The van der Waals surface area contributed by atoms with Gasteiger partial charge in [-0.3, -0.25) is 0 Å². The van der Waals surface area contributed by atoms with Crippen LogP contribution in [-0.4, -0.2) is 12.9 Å². The van der Waals surface area contributed by atoms with Crippen LogP contribution in [0.4, 0.5) is 13.2 Å². The molecule has 0 bridgehead atoms. The molecule has 0 aromatic rings. The van der Waals surface area contributed by atoms with Gasteiger partial charge < -0.3 is 0 Å². The molecule has 0 saturated heterocycles. The third kappa shape index (κ3) is 9.09. The van der Waals surface area contributed by atoms with Crippen molar-refractivity contribution >= 4 is 40.0 Å². The average Bonchev–Trinajstić information content (AvgIpc) is 1.97. The molecule has 0 fully saturated rings. The van der Waals surface area contributed by atoms with Crippen LogP contribution in [0.5, 0.6) is 0 Å². The van der Waals surface area contributed by atoms with Crippen LogP contribution in [-0.2, 0) is 0 Å². The van der Waals surface area contributed by atoms with Gasteiger partial charge in [0.1, 0.15) is 0 Å². The Morgan fingerprint density at radius 2 is 1.31 bits per heavy atom. The van der Waals surface area contributed by atoms with Crippen molar-refractivity contribution in [1.82, 2.24) is 0 Å². The summed E-state index contributed by atoms with van der Waals surface area (Å²) in [6.45, 7) is -1.72. The van der Waals surface area contributed by atoms with Gasteiger partial charge in [-0.05, 0) is 0 Å². The normalized spacial score (nSPS) is 15.1. The number of halogens is 6. The van der Waals surface area contributed by atoms with Crippen LogP contribution in [0.1, 0.15) is 0 Å². The summed E-state index contributed by atoms with van der Waals surface area (Å²) < 4.78 is 36.2. The Kier molecular flexibility index (Phi) is 7.92. The van der Waals surface area contributed by atoms with Crippen molar-refractivity contribution in [3.05, 3.63) is 48.1 Å². The highest BCUT2D eigenvalue weighted by molar-refractivity contribution is 7.54. The number of allylic oxidation sites excluding steroid dienone is 8. The molecule has 0 nitrogen and oxygen atoms in total. The van der Waals surface area contributed by atoms with Gasteiger partial charge in [0, 0.05) is 0 Å². The Balaban J connectivity index is 0.000000487. The summed E-state index contributed by atoms with van der Waals surface area (Å²) >= 11 is 14.8. The van der Waals surface area contributed by atoms with Crippen molar-refractivity contribution in [1.29, 1.82) is 0 Å². The molecule has 0 aromatic heterocycles. The maximum absolute atomic E-state index is 12.1. The van der Waals surface area contributed by atoms with Crippen molar-refractivity contribution < 1.29 is 13.2 Å². The van der Waals surface area contributed by atoms with Crippen molar-refractivity contribution in [3.63, 3.8) is 0 Å². The summed E-state index contributed by atoms with van der Waals surface area (Å²) in [6.07, 6.45) is 5.32. The van der Waals surface area contributed by atoms with Crippen molar-refractivity contribution in [2.75, 3.05) is 0 Å². The number of hydrogen-bond acceptors (Lipinski definition) is 0. The zero-order valence-corrected chi connectivity index (χ0v) is 11.3. The van der Waals surface area contributed by atoms with Crippen LogP contribution in [0.3, 0.4) is 0 Å². The van der Waals surface area contributed by atoms with Crippen LogP contribution in [0.25, 0.3) is 0 Å². The fourth-order valence-corrected chi connectivity index (χ4v) is 0.755. The molecule has 0 amide bonds. The van der Waals surface area contributed by atoms with Crippen molar-refractivity contribution in [2.24, 2.45) is 0 Å². The summed E-state index contributed by atoms with van der Waals surface area (Å²) in [7, 11) is 0. The van der Waals surface area contributed by atoms with Crippen LogP contribution in [0.15, 0.2) is 48.1 Å². The summed E-state index contributed by atoms with van der Waals surface area (Å²) in [5, 5.41) is 0. The molecule has 1 aliphatic carbocycles. The number of hydrogen-bond donors (Lipinski definition) is 0. The van der Waals surface area contributed by atoms with Gasteiger partial charge in [0.25, 0.3) is 0 Å². The van der Waals surface area contributed by atoms with Crippen molar-refractivity contribution in [2.45, 2.75) is 6.18 Å². The molecule has 0 N–H and O–H groups in total. The first-order valence-corrected chi connectivity index (χ1v) is 9.29. The highest BCUT2D eigenvalue weighted by Crippen LogP contribution is 2.26. The molecule has 7 heteroatoms. The lowest BCUT2D eigenvalue weighted by Crippen LogP contribution is -2.09. The maximum atomic E-state index is 12.1. The predicted molar refractivity (Wildman–Crippen MR) is 66.3 cm³/mol. The van der Waals surface area contributed by atoms with Gasteiger partial charge in [-0.25, -0.2) is 0 Å². The van der Waals surface area contributed by atoms with Gasteiger partial charge in [0.05, 0.1) is 5.57 Å². The lowest BCUT2D eigenvalue weighted by Gasteiger charge is -2.06. The van der Waals surface area contributed by atoms with E-state index in [1.54, 1.807) is 18.2 Å². The lowest BCUT2D eigenvalue weighted by molar-refractivity contribution is -0.0881. The third-order valence-electron chi connectivity index (χ3n) is 1.32.